The van der Waals surface area contributed by atoms with E-state index in [9.17, 15) is 9.59 Å². The van der Waals surface area contributed by atoms with Crippen molar-refractivity contribution in [3.05, 3.63) is 15.8 Å². The standard InChI is InChI=1S/C13H19NO4S/c1-4-9-7-10(12(19-9)13(16)17)18-6-5-11(15)14-8(2)3/h7-8H,4-6H2,1-3H3,(H,14,15)(H,16,17). The van der Waals surface area contributed by atoms with Crippen LogP contribution in [0.2, 0.25) is 0 Å². The third-order valence-electron chi connectivity index (χ3n) is 2.33. The predicted molar refractivity (Wildman–Crippen MR) is 74.0 cm³/mol. The summed E-state index contributed by atoms with van der Waals surface area (Å²) >= 11 is 1.21. The molecule has 5 nitrogen and oxygen atoms in total. The Morgan fingerprint density at radius 1 is 1.47 bits per heavy atom. The average molecular weight is 285 g/mol. The van der Waals surface area contributed by atoms with Gasteiger partial charge in [0.15, 0.2) is 4.88 Å². The van der Waals surface area contributed by atoms with E-state index in [0.717, 1.165) is 11.3 Å². The van der Waals surface area contributed by atoms with Crippen LogP contribution in [0.1, 0.15) is 41.7 Å². The summed E-state index contributed by atoms with van der Waals surface area (Å²) < 4.78 is 5.40. The van der Waals surface area contributed by atoms with Crippen LogP contribution in [-0.4, -0.2) is 29.6 Å². The van der Waals surface area contributed by atoms with E-state index in [-0.39, 0.29) is 29.9 Å². The first-order chi connectivity index (χ1) is 8.93. The van der Waals surface area contributed by atoms with E-state index < -0.39 is 5.97 Å². The highest BCUT2D eigenvalue weighted by Gasteiger charge is 2.16. The Labute approximate surface area is 116 Å². The van der Waals surface area contributed by atoms with Gasteiger partial charge in [-0.15, -0.1) is 11.3 Å². The van der Waals surface area contributed by atoms with Crippen molar-refractivity contribution in [2.24, 2.45) is 0 Å². The SMILES string of the molecule is CCc1cc(OCCC(=O)NC(C)C)c(C(=O)O)s1. The van der Waals surface area contributed by atoms with Crippen LogP contribution in [0, 0.1) is 0 Å². The Bertz CT molecular complexity index is 453. The monoisotopic (exact) mass is 285 g/mol. The smallest absolute Gasteiger partial charge is 0.349 e. The molecular weight excluding hydrogens is 266 g/mol. The lowest BCUT2D eigenvalue weighted by atomic mass is 10.3. The van der Waals surface area contributed by atoms with Gasteiger partial charge in [0.25, 0.3) is 0 Å². The molecule has 0 radical (unpaired) electrons. The highest BCUT2D eigenvalue weighted by atomic mass is 32.1. The minimum Gasteiger partial charge on any atom is -0.491 e. The Hall–Kier alpha value is -1.56. The Kier molecular flexibility index (Phi) is 5.82. The molecule has 0 bridgehead atoms. The summed E-state index contributed by atoms with van der Waals surface area (Å²) in [5.41, 5.74) is 0. The fourth-order valence-electron chi connectivity index (χ4n) is 1.50. The molecule has 0 unspecified atom stereocenters. The summed E-state index contributed by atoms with van der Waals surface area (Å²) in [5.74, 6) is -0.740. The van der Waals surface area contributed by atoms with Gasteiger partial charge in [0.05, 0.1) is 13.0 Å². The fourth-order valence-corrected chi connectivity index (χ4v) is 2.38. The van der Waals surface area contributed by atoms with E-state index in [0.29, 0.717) is 5.75 Å². The van der Waals surface area contributed by atoms with Crippen molar-refractivity contribution in [3.8, 4) is 5.75 Å². The molecule has 0 aliphatic carbocycles. The topological polar surface area (TPSA) is 75.6 Å². The van der Waals surface area contributed by atoms with E-state index in [4.69, 9.17) is 9.84 Å². The van der Waals surface area contributed by atoms with Crippen LogP contribution in [0.25, 0.3) is 0 Å². The second kappa shape index (κ2) is 7.13. The Morgan fingerprint density at radius 2 is 2.16 bits per heavy atom. The van der Waals surface area contributed by atoms with Crippen molar-refractivity contribution < 1.29 is 19.4 Å². The number of amides is 1. The van der Waals surface area contributed by atoms with E-state index >= 15 is 0 Å². The van der Waals surface area contributed by atoms with Crippen molar-refractivity contribution in [1.82, 2.24) is 5.32 Å². The van der Waals surface area contributed by atoms with E-state index in [1.54, 1.807) is 6.07 Å². The van der Waals surface area contributed by atoms with Gasteiger partial charge in [0, 0.05) is 10.9 Å². The normalized spacial score (nSPS) is 10.5. The largest absolute Gasteiger partial charge is 0.491 e. The molecule has 0 atom stereocenters. The number of carbonyl (C=O) groups excluding carboxylic acids is 1. The molecule has 1 aromatic heterocycles. The molecule has 1 rings (SSSR count). The first-order valence-corrected chi connectivity index (χ1v) is 7.03. The molecule has 2 N–H and O–H groups in total. The van der Waals surface area contributed by atoms with Crippen LogP contribution in [0.4, 0.5) is 0 Å². The number of aryl methyl sites for hydroxylation is 1. The van der Waals surface area contributed by atoms with Gasteiger partial charge in [0.1, 0.15) is 5.75 Å². The summed E-state index contributed by atoms with van der Waals surface area (Å²) in [6, 6.07) is 1.82. The zero-order chi connectivity index (χ0) is 14.4. The minimum absolute atomic E-state index is 0.0925. The summed E-state index contributed by atoms with van der Waals surface area (Å²) in [6.45, 7) is 5.90. The maximum atomic E-state index is 11.4. The molecule has 0 saturated carbocycles. The number of carboxylic acid groups (broad SMARTS) is 1. The molecule has 0 aliphatic rings. The van der Waals surface area contributed by atoms with Crippen LogP contribution in [0.15, 0.2) is 6.07 Å². The Morgan fingerprint density at radius 3 is 2.68 bits per heavy atom. The molecule has 0 saturated heterocycles. The van der Waals surface area contributed by atoms with E-state index in [2.05, 4.69) is 5.32 Å². The zero-order valence-electron chi connectivity index (χ0n) is 11.4. The third kappa shape index (κ3) is 4.90. The van der Waals surface area contributed by atoms with Gasteiger partial charge < -0.3 is 15.2 Å². The third-order valence-corrected chi connectivity index (χ3v) is 3.58. The second-order valence-corrected chi connectivity index (χ2v) is 5.52. The first kappa shape index (κ1) is 15.5. The van der Waals surface area contributed by atoms with Crippen molar-refractivity contribution in [2.45, 2.75) is 39.7 Å². The molecule has 1 heterocycles. The number of thiophene rings is 1. The lowest BCUT2D eigenvalue weighted by Crippen LogP contribution is -2.31. The maximum Gasteiger partial charge on any atom is 0.349 e. The summed E-state index contributed by atoms with van der Waals surface area (Å²) in [4.78, 5) is 23.6. The van der Waals surface area contributed by atoms with Crippen LogP contribution in [0.5, 0.6) is 5.75 Å². The fraction of sp³-hybridized carbons (Fsp3) is 0.538. The molecule has 0 aliphatic heterocycles. The number of carbonyl (C=O) groups is 2. The van der Waals surface area contributed by atoms with Gasteiger partial charge in [-0.2, -0.15) is 0 Å². The van der Waals surface area contributed by atoms with Gasteiger partial charge in [0.2, 0.25) is 5.91 Å². The van der Waals surface area contributed by atoms with Crippen LogP contribution < -0.4 is 10.1 Å². The van der Waals surface area contributed by atoms with Gasteiger partial charge in [-0.05, 0) is 26.3 Å². The quantitative estimate of drug-likeness (QED) is 0.806. The van der Waals surface area contributed by atoms with Crippen molar-refractivity contribution in [2.75, 3.05) is 6.61 Å². The van der Waals surface area contributed by atoms with Crippen LogP contribution in [-0.2, 0) is 11.2 Å². The molecule has 6 heteroatoms. The summed E-state index contributed by atoms with van der Waals surface area (Å²) in [6.07, 6.45) is 0.983. The van der Waals surface area contributed by atoms with Crippen LogP contribution in [0.3, 0.4) is 0 Å². The summed E-state index contributed by atoms with van der Waals surface area (Å²) in [5, 5.41) is 11.8. The molecule has 0 aromatic carbocycles. The lowest BCUT2D eigenvalue weighted by molar-refractivity contribution is -0.122. The van der Waals surface area contributed by atoms with Gasteiger partial charge in [-0.25, -0.2) is 4.79 Å². The van der Waals surface area contributed by atoms with Crippen LogP contribution >= 0.6 is 11.3 Å². The molecule has 1 amide bonds. The highest BCUT2D eigenvalue weighted by Crippen LogP contribution is 2.29. The number of hydrogen-bond donors (Lipinski definition) is 2. The van der Waals surface area contributed by atoms with Crippen molar-refractivity contribution >= 4 is 23.2 Å². The highest BCUT2D eigenvalue weighted by molar-refractivity contribution is 7.14. The number of carboxylic acids is 1. The molecule has 1 aromatic rings. The van der Waals surface area contributed by atoms with E-state index in [1.807, 2.05) is 20.8 Å². The van der Waals surface area contributed by atoms with Gasteiger partial charge in [-0.3, -0.25) is 4.79 Å². The lowest BCUT2D eigenvalue weighted by Gasteiger charge is -2.09. The van der Waals surface area contributed by atoms with Crippen molar-refractivity contribution in [1.29, 1.82) is 0 Å². The summed E-state index contributed by atoms with van der Waals surface area (Å²) in [7, 11) is 0. The molecule has 0 spiro atoms. The molecule has 0 fully saturated rings. The number of nitrogens with one attached hydrogen (secondary N) is 1. The Balaban J connectivity index is 2.55. The number of rotatable bonds is 7. The minimum atomic E-state index is -0.994. The van der Waals surface area contributed by atoms with Gasteiger partial charge in [-0.1, -0.05) is 6.92 Å². The average Bonchev–Trinajstić information content (AvgIpc) is 2.71. The predicted octanol–water partition coefficient (Wildman–Crippen LogP) is 2.30. The maximum absolute atomic E-state index is 11.4. The van der Waals surface area contributed by atoms with Crippen molar-refractivity contribution in [3.63, 3.8) is 0 Å². The number of ether oxygens (including phenoxy) is 1. The molecule has 19 heavy (non-hydrogen) atoms. The second-order valence-electron chi connectivity index (χ2n) is 4.39. The molecule has 106 valence electrons. The number of hydrogen-bond acceptors (Lipinski definition) is 4. The number of aromatic carboxylic acids is 1. The zero-order valence-corrected chi connectivity index (χ0v) is 12.2. The van der Waals surface area contributed by atoms with E-state index in [1.165, 1.54) is 11.3 Å². The van der Waals surface area contributed by atoms with Gasteiger partial charge >= 0.3 is 5.97 Å². The molecular formula is C13H19NO4S. The first-order valence-electron chi connectivity index (χ1n) is 6.22.